The summed E-state index contributed by atoms with van der Waals surface area (Å²) in [7, 11) is 0. The molecule has 0 radical (unpaired) electrons. The van der Waals surface area contributed by atoms with E-state index in [1.54, 1.807) is 35.7 Å². The molecule has 30 heavy (non-hydrogen) atoms. The summed E-state index contributed by atoms with van der Waals surface area (Å²) < 4.78 is 19.2. The summed E-state index contributed by atoms with van der Waals surface area (Å²) in [5.41, 5.74) is 0.498. The van der Waals surface area contributed by atoms with E-state index in [0.29, 0.717) is 10.9 Å². The normalized spacial score (nSPS) is 10.8. The van der Waals surface area contributed by atoms with Crippen molar-refractivity contribution in [2.45, 2.75) is 32.9 Å². The van der Waals surface area contributed by atoms with Crippen LogP contribution in [0, 0.1) is 5.82 Å². The second-order valence-corrected chi connectivity index (χ2v) is 7.78. The highest BCUT2D eigenvalue weighted by molar-refractivity contribution is 7.14. The number of halogens is 1. The van der Waals surface area contributed by atoms with Crippen molar-refractivity contribution in [2.24, 2.45) is 0 Å². The molecule has 0 saturated heterocycles. The van der Waals surface area contributed by atoms with E-state index in [0.717, 1.165) is 0 Å². The first-order valence-corrected chi connectivity index (χ1v) is 10.4. The number of aromatic nitrogens is 1. The van der Waals surface area contributed by atoms with Gasteiger partial charge in [0.1, 0.15) is 17.3 Å². The van der Waals surface area contributed by atoms with E-state index in [2.05, 4.69) is 15.6 Å². The Morgan fingerprint density at radius 2 is 2.03 bits per heavy atom. The van der Waals surface area contributed by atoms with Gasteiger partial charge in [0.2, 0.25) is 5.91 Å². The lowest BCUT2D eigenvalue weighted by atomic mass is 10.2. The molecule has 2 aromatic heterocycles. The van der Waals surface area contributed by atoms with Crippen molar-refractivity contribution >= 4 is 34.0 Å². The number of carbonyl (C=O) groups excluding carboxylic acids is 2. The van der Waals surface area contributed by atoms with Crippen molar-refractivity contribution in [3.05, 3.63) is 65.3 Å². The molecule has 0 unspecified atom stereocenters. The van der Waals surface area contributed by atoms with Gasteiger partial charge in [-0.3, -0.25) is 9.59 Å². The Morgan fingerprint density at radius 3 is 2.73 bits per heavy atom. The highest BCUT2D eigenvalue weighted by Crippen LogP contribution is 2.24. The van der Waals surface area contributed by atoms with Crippen LogP contribution in [0.25, 0.3) is 0 Å². The van der Waals surface area contributed by atoms with E-state index in [1.807, 2.05) is 13.8 Å². The second-order valence-electron chi connectivity index (χ2n) is 6.92. The Hall–Kier alpha value is -3.20. The molecule has 0 aliphatic rings. The number of nitrogens with zero attached hydrogens (tertiary/aromatic N) is 2. The number of para-hydroxylation sites is 1. The Bertz CT molecular complexity index is 988. The molecule has 0 atom stereocenters. The quantitative estimate of drug-likeness (QED) is 0.532. The number of amides is 2. The second kappa shape index (κ2) is 10.0. The van der Waals surface area contributed by atoms with Crippen LogP contribution in [-0.4, -0.2) is 34.3 Å². The number of nitrogens with one attached hydrogen (secondary N) is 2. The minimum atomic E-state index is -0.406. The van der Waals surface area contributed by atoms with Gasteiger partial charge in [0.05, 0.1) is 18.5 Å². The molecule has 0 aliphatic heterocycles. The largest absolute Gasteiger partial charge is 0.467 e. The maximum absolute atomic E-state index is 13.8. The van der Waals surface area contributed by atoms with Crippen molar-refractivity contribution in [3.8, 4) is 0 Å². The van der Waals surface area contributed by atoms with Crippen LogP contribution >= 0.6 is 11.3 Å². The third kappa shape index (κ3) is 5.90. The van der Waals surface area contributed by atoms with Gasteiger partial charge in [-0.15, -0.1) is 11.3 Å². The fraction of sp³-hybridized carbons (Fsp3) is 0.286. The molecule has 0 fully saturated rings. The fourth-order valence-electron chi connectivity index (χ4n) is 2.74. The Labute approximate surface area is 177 Å². The van der Waals surface area contributed by atoms with Gasteiger partial charge >= 0.3 is 0 Å². The number of rotatable bonds is 9. The van der Waals surface area contributed by atoms with Gasteiger partial charge in [-0.1, -0.05) is 12.1 Å². The summed E-state index contributed by atoms with van der Waals surface area (Å²) in [6.45, 7) is 4.19. The minimum Gasteiger partial charge on any atom is -0.467 e. The third-order valence-corrected chi connectivity index (χ3v) is 4.87. The molecule has 0 aliphatic carbocycles. The van der Waals surface area contributed by atoms with Gasteiger partial charge in [0, 0.05) is 24.4 Å². The summed E-state index contributed by atoms with van der Waals surface area (Å²) in [5, 5.41) is 7.70. The van der Waals surface area contributed by atoms with E-state index < -0.39 is 5.82 Å². The van der Waals surface area contributed by atoms with Crippen molar-refractivity contribution in [3.63, 3.8) is 0 Å². The zero-order valence-electron chi connectivity index (χ0n) is 16.7. The first kappa shape index (κ1) is 21.5. The molecule has 158 valence electrons. The lowest BCUT2D eigenvalue weighted by Crippen LogP contribution is -2.36. The van der Waals surface area contributed by atoms with E-state index in [9.17, 15) is 14.0 Å². The first-order chi connectivity index (χ1) is 14.4. The smallest absolute Gasteiger partial charge is 0.273 e. The van der Waals surface area contributed by atoms with Crippen molar-refractivity contribution in [2.75, 3.05) is 11.9 Å². The zero-order chi connectivity index (χ0) is 21.5. The van der Waals surface area contributed by atoms with Gasteiger partial charge in [0.15, 0.2) is 5.13 Å². The number of hydrogen-bond acceptors (Lipinski definition) is 6. The topological polar surface area (TPSA) is 87.5 Å². The molecular weight excluding hydrogens is 407 g/mol. The molecule has 0 saturated carbocycles. The highest BCUT2D eigenvalue weighted by Gasteiger charge is 2.21. The maximum Gasteiger partial charge on any atom is 0.273 e. The van der Waals surface area contributed by atoms with Gasteiger partial charge in [-0.25, -0.2) is 9.37 Å². The number of furan rings is 1. The summed E-state index contributed by atoms with van der Waals surface area (Å²) in [6, 6.07) is 9.77. The van der Waals surface area contributed by atoms with Crippen LogP contribution in [0.5, 0.6) is 0 Å². The molecular formula is C21H23FN4O3S. The molecule has 2 heterocycles. The van der Waals surface area contributed by atoms with Gasteiger partial charge in [0.25, 0.3) is 5.91 Å². The van der Waals surface area contributed by atoms with Gasteiger partial charge in [-0.2, -0.15) is 0 Å². The predicted molar refractivity (Wildman–Crippen MR) is 113 cm³/mol. The first-order valence-electron chi connectivity index (χ1n) is 9.50. The number of carbonyl (C=O) groups is 2. The number of anilines is 2. The van der Waals surface area contributed by atoms with Gasteiger partial charge < -0.3 is 20.0 Å². The number of thiazole rings is 1. The summed E-state index contributed by atoms with van der Waals surface area (Å²) in [5.74, 6) is -0.271. The molecule has 3 aromatic rings. The molecule has 2 amide bonds. The van der Waals surface area contributed by atoms with Crippen molar-refractivity contribution in [1.82, 2.24) is 15.2 Å². The third-order valence-electron chi connectivity index (χ3n) is 4.11. The summed E-state index contributed by atoms with van der Waals surface area (Å²) in [6.07, 6.45) is 1.69. The molecule has 7 nitrogen and oxygen atoms in total. The van der Waals surface area contributed by atoms with Crippen molar-refractivity contribution in [1.29, 1.82) is 0 Å². The van der Waals surface area contributed by atoms with Crippen molar-refractivity contribution < 1.29 is 18.4 Å². The zero-order valence-corrected chi connectivity index (χ0v) is 17.5. The van der Waals surface area contributed by atoms with Crippen LogP contribution in [-0.2, 0) is 11.3 Å². The maximum atomic E-state index is 13.8. The monoisotopic (exact) mass is 430 g/mol. The van der Waals surface area contributed by atoms with Crippen LogP contribution in [0.2, 0.25) is 0 Å². The van der Waals surface area contributed by atoms with Crippen LogP contribution in [0.4, 0.5) is 15.2 Å². The Kier molecular flexibility index (Phi) is 7.18. The average Bonchev–Trinajstić information content (AvgIpc) is 3.38. The summed E-state index contributed by atoms with van der Waals surface area (Å²) >= 11 is 1.20. The van der Waals surface area contributed by atoms with Gasteiger partial charge in [-0.05, 0) is 38.1 Å². The summed E-state index contributed by atoms with van der Waals surface area (Å²) in [4.78, 5) is 30.9. The molecule has 0 spiro atoms. The Balaban J connectivity index is 1.71. The molecule has 2 N–H and O–H groups in total. The lowest BCUT2D eigenvalue weighted by molar-refractivity contribution is -0.121. The van der Waals surface area contributed by atoms with Crippen LogP contribution < -0.4 is 10.6 Å². The Morgan fingerprint density at radius 1 is 1.23 bits per heavy atom. The molecule has 3 rings (SSSR count). The fourth-order valence-corrected chi connectivity index (χ4v) is 3.44. The molecule has 0 bridgehead atoms. The minimum absolute atomic E-state index is 0.0253. The van der Waals surface area contributed by atoms with Crippen LogP contribution in [0.3, 0.4) is 0 Å². The number of hydrogen-bond donors (Lipinski definition) is 2. The predicted octanol–water partition coefficient (Wildman–Crippen LogP) is 4.18. The van der Waals surface area contributed by atoms with E-state index in [4.69, 9.17) is 4.42 Å². The molecule has 9 heteroatoms. The SMILES string of the molecule is CC(C)NC(=O)CCN(Cc1ccco1)C(=O)c1csc(Nc2ccccc2F)n1. The average molecular weight is 431 g/mol. The standard InChI is InChI=1S/C21H23FN4O3S/c1-14(2)23-19(27)9-10-26(12-15-6-5-11-29-15)20(28)18-13-30-21(25-18)24-17-8-4-3-7-16(17)22/h3-8,11,13-14H,9-10,12H2,1-2H3,(H,23,27)(H,24,25). The lowest BCUT2D eigenvalue weighted by Gasteiger charge is -2.21. The van der Waals surface area contributed by atoms with E-state index in [1.165, 1.54) is 28.6 Å². The van der Waals surface area contributed by atoms with E-state index in [-0.39, 0.29) is 48.7 Å². The number of benzene rings is 1. The highest BCUT2D eigenvalue weighted by atomic mass is 32.1. The van der Waals surface area contributed by atoms with Crippen LogP contribution in [0.15, 0.2) is 52.5 Å². The molecule has 1 aromatic carbocycles. The van der Waals surface area contributed by atoms with Crippen LogP contribution in [0.1, 0.15) is 36.5 Å². The van der Waals surface area contributed by atoms with E-state index >= 15 is 0 Å².